The van der Waals surface area contributed by atoms with Gasteiger partial charge in [-0.15, -0.1) is 0 Å². The lowest BCUT2D eigenvalue weighted by Crippen LogP contribution is -2.34. The second kappa shape index (κ2) is 10.2. The van der Waals surface area contributed by atoms with Crippen LogP contribution >= 0.6 is 0 Å². The van der Waals surface area contributed by atoms with Gasteiger partial charge in [-0.1, -0.05) is 38.7 Å². The quantitative estimate of drug-likeness (QED) is 0.648. The first-order valence-corrected chi connectivity index (χ1v) is 7.83. The molecule has 1 aromatic rings. The molecule has 0 fully saturated rings. The van der Waals surface area contributed by atoms with Crippen LogP contribution in [0.3, 0.4) is 0 Å². The number of benzene rings is 1. The Kier molecular flexibility index (Phi) is 8.51. The number of anilines is 1. The molecule has 1 amide bonds. The van der Waals surface area contributed by atoms with Crippen molar-refractivity contribution in [3.8, 4) is 5.75 Å². The predicted molar refractivity (Wildman–Crippen MR) is 87.8 cm³/mol. The number of carbonyl (C=O) groups is 1. The molecular weight excluding hydrogens is 264 g/mol. The molecule has 21 heavy (non-hydrogen) atoms. The molecule has 0 aliphatic carbocycles. The number of hydrogen-bond donors (Lipinski definition) is 2. The van der Waals surface area contributed by atoms with E-state index >= 15 is 0 Å². The minimum absolute atomic E-state index is 0.0244. The van der Waals surface area contributed by atoms with Crippen LogP contribution in [-0.4, -0.2) is 25.6 Å². The third kappa shape index (κ3) is 7.71. The van der Waals surface area contributed by atoms with Gasteiger partial charge in [-0.25, -0.2) is 0 Å². The van der Waals surface area contributed by atoms with E-state index in [9.17, 15) is 4.79 Å². The second-order valence-corrected chi connectivity index (χ2v) is 5.41. The Bertz CT molecular complexity index is 421. The molecule has 2 N–H and O–H groups in total. The minimum atomic E-state index is -0.0244. The topological polar surface area (TPSA) is 50.4 Å². The van der Waals surface area contributed by atoms with Crippen molar-refractivity contribution in [2.75, 3.05) is 19.0 Å². The van der Waals surface area contributed by atoms with E-state index in [1.165, 1.54) is 25.7 Å². The summed E-state index contributed by atoms with van der Waals surface area (Å²) < 4.78 is 5.13. The van der Waals surface area contributed by atoms with Gasteiger partial charge in [0.15, 0.2) is 0 Å². The van der Waals surface area contributed by atoms with E-state index in [0.717, 1.165) is 17.9 Å². The molecule has 4 heteroatoms. The van der Waals surface area contributed by atoms with Crippen molar-refractivity contribution in [2.45, 2.75) is 52.0 Å². The van der Waals surface area contributed by atoms with Gasteiger partial charge in [0.25, 0.3) is 0 Å². The average molecular weight is 292 g/mol. The van der Waals surface area contributed by atoms with Crippen molar-refractivity contribution in [3.63, 3.8) is 0 Å². The van der Waals surface area contributed by atoms with Crippen LogP contribution < -0.4 is 15.4 Å². The van der Waals surface area contributed by atoms with Gasteiger partial charge in [-0.3, -0.25) is 4.79 Å². The molecule has 0 spiro atoms. The predicted octanol–water partition coefficient (Wildman–Crippen LogP) is 3.58. The number of ether oxygens (including phenoxy) is 1. The molecule has 4 nitrogen and oxygen atoms in total. The molecule has 118 valence electrons. The molecule has 0 saturated heterocycles. The molecule has 0 bridgehead atoms. The van der Waals surface area contributed by atoms with Gasteiger partial charge in [0.05, 0.1) is 13.7 Å². The summed E-state index contributed by atoms with van der Waals surface area (Å²) in [4.78, 5) is 11.9. The first-order valence-electron chi connectivity index (χ1n) is 7.83. The first-order chi connectivity index (χ1) is 10.2. The number of hydrogen-bond acceptors (Lipinski definition) is 3. The Labute approximate surface area is 128 Å². The van der Waals surface area contributed by atoms with Gasteiger partial charge in [0.2, 0.25) is 5.91 Å². The molecule has 0 aromatic heterocycles. The van der Waals surface area contributed by atoms with E-state index in [1.807, 2.05) is 24.3 Å². The second-order valence-electron chi connectivity index (χ2n) is 5.41. The van der Waals surface area contributed by atoms with Gasteiger partial charge in [0, 0.05) is 17.8 Å². The van der Waals surface area contributed by atoms with Crippen molar-refractivity contribution in [2.24, 2.45) is 0 Å². The number of rotatable bonds is 10. The zero-order valence-corrected chi connectivity index (χ0v) is 13.4. The van der Waals surface area contributed by atoms with E-state index in [0.29, 0.717) is 12.6 Å². The highest BCUT2D eigenvalue weighted by Gasteiger charge is 2.06. The van der Waals surface area contributed by atoms with Crippen molar-refractivity contribution in [1.29, 1.82) is 0 Å². The SMILES string of the molecule is CCCCCCC(C)NCC(=O)Nc1cccc(OC)c1. The van der Waals surface area contributed by atoms with Gasteiger partial charge in [0.1, 0.15) is 5.75 Å². The molecular formula is C17H28N2O2. The molecule has 0 saturated carbocycles. The Morgan fingerprint density at radius 2 is 2.10 bits per heavy atom. The van der Waals surface area contributed by atoms with E-state index in [2.05, 4.69) is 24.5 Å². The molecule has 1 unspecified atom stereocenters. The highest BCUT2D eigenvalue weighted by atomic mass is 16.5. The Morgan fingerprint density at radius 3 is 2.81 bits per heavy atom. The van der Waals surface area contributed by atoms with Crippen LogP contribution in [-0.2, 0) is 4.79 Å². The highest BCUT2D eigenvalue weighted by molar-refractivity contribution is 5.92. The van der Waals surface area contributed by atoms with Crippen LogP contribution in [0.1, 0.15) is 46.0 Å². The fourth-order valence-corrected chi connectivity index (χ4v) is 2.15. The van der Waals surface area contributed by atoms with Crippen LogP contribution in [0.25, 0.3) is 0 Å². The summed E-state index contributed by atoms with van der Waals surface area (Å²) in [5, 5.41) is 6.13. The fraction of sp³-hybridized carbons (Fsp3) is 0.588. The maximum absolute atomic E-state index is 11.9. The Balaban J connectivity index is 2.23. The fourth-order valence-electron chi connectivity index (χ4n) is 2.15. The largest absolute Gasteiger partial charge is 0.497 e. The summed E-state index contributed by atoms with van der Waals surface area (Å²) in [5.41, 5.74) is 0.761. The van der Waals surface area contributed by atoms with E-state index in [1.54, 1.807) is 7.11 Å². The maximum atomic E-state index is 11.9. The van der Waals surface area contributed by atoms with Crippen molar-refractivity contribution < 1.29 is 9.53 Å². The maximum Gasteiger partial charge on any atom is 0.238 e. The van der Waals surface area contributed by atoms with Gasteiger partial charge >= 0.3 is 0 Å². The molecule has 0 aliphatic rings. The van der Waals surface area contributed by atoms with E-state index in [-0.39, 0.29) is 5.91 Å². The molecule has 0 radical (unpaired) electrons. The zero-order valence-electron chi connectivity index (χ0n) is 13.4. The van der Waals surface area contributed by atoms with Crippen molar-refractivity contribution >= 4 is 11.6 Å². The van der Waals surface area contributed by atoms with Crippen molar-refractivity contribution in [3.05, 3.63) is 24.3 Å². The Morgan fingerprint density at radius 1 is 1.29 bits per heavy atom. The van der Waals surface area contributed by atoms with E-state index < -0.39 is 0 Å². The molecule has 0 heterocycles. The molecule has 1 atom stereocenters. The number of methoxy groups -OCH3 is 1. The summed E-state index contributed by atoms with van der Waals surface area (Å²) in [6, 6.07) is 7.75. The van der Waals surface area contributed by atoms with Crippen LogP contribution in [0.15, 0.2) is 24.3 Å². The summed E-state index contributed by atoms with van der Waals surface area (Å²) in [7, 11) is 1.61. The lowest BCUT2D eigenvalue weighted by Gasteiger charge is -2.13. The molecule has 1 aromatic carbocycles. The van der Waals surface area contributed by atoms with Gasteiger partial charge in [-0.2, -0.15) is 0 Å². The van der Waals surface area contributed by atoms with E-state index in [4.69, 9.17) is 4.74 Å². The average Bonchev–Trinajstić information content (AvgIpc) is 2.50. The monoisotopic (exact) mass is 292 g/mol. The zero-order chi connectivity index (χ0) is 15.5. The molecule has 0 aliphatic heterocycles. The standard InChI is InChI=1S/C17H28N2O2/c1-4-5-6-7-9-14(2)18-13-17(20)19-15-10-8-11-16(12-15)21-3/h8,10-12,14,18H,4-7,9,13H2,1-3H3,(H,19,20). The number of unbranched alkanes of at least 4 members (excludes halogenated alkanes) is 3. The highest BCUT2D eigenvalue weighted by Crippen LogP contribution is 2.16. The summed E-state index contributed by atoms with van der Waals surface area (Å²) in [6.07, 6.45) is 6.16. The number of carbonyl (C=O) groups excluding carboxylic acids is 1. The smallest absolute Gasteiger partial charge is 0.238 e. The third-order valence-electron chi connectivity index (χ3n) is 3.46. The molecule has 1 rings (SSSR count). The normalized spacial score (nSPS) is 12.0. The Hall–Kier alpha value is -1.55. The third-order valence-corrected chi connectivity index (χ3v) is 3.46. The van der Waals surface area contributed by atoms with Crippen LogP contribution in [0.2, 0.25) is 0 Å². The lowest BCUT2D eigenvalue weighted by atomic mass is 10.1. The minimum Gasteiger partial charge on any atom is -0.497 e. The van der Waals surface area contributed by atoms with Gasteiger partial charge < -0.3 is 15.4 Å². The number of nitrogens with one attached hydrogen (secondary N) is 2. The van der Waals surface area contributed by atoms with Crippen molar-refractivity contribution in [1.82, 2.24) is 5.32 Å². The lowest BCUT2D eigenvalue weighted by molar-refractivity contribution is -0.115. The summed E-state index contributed by atoms with van der Waals surface area (Å²) >= 11 is 0. The van der Waals surface area contributed by atoms with Crippen LogP contribution in [0.4, 0.5) is 5.69 Å². The number of amides is 1. The summed E-state index contributed by atoms with van der Waals surface area (Å²) in [6.45, 7) is 4.68. The van der Waals surface area contributed by atoms with Crippen LogP contribution in [0.5, 0.6) is 5.75 Å². The summed E-state index contributed by atoms with van der Waals surface area (Å²) in [5.74, 6) is 0.716. The van der Waals surface area contributed by atoms with Gasteiger partial charge in [-0.05, 0) is 25.5 Å². The first kappa shape index (κ1) is 17.5. The van der Waals surface area contributed by atoms with Crippen LogP contribution in [0, 0.1) is 0 Å².